The highest BCUT2D eigenvalue weighted by molar-refractivity contribution is 7.92. The van der Waals surface area contributed by atoms with Gasteiger partial charge in [0, 0.05) is 24.2 Å². The number of aromatic nitrogens is 3. The zero-order valence-electron chi connectivity index (χ0n) is 17.7. The van der Waals surface area contributed by atoms with Crippen LogP contribution in [0.5, 0.6) is 0 Å². The average Bonchev–Trinajstić information content (AvgIpc) is 3.15. The number of hydrogen-bond acceptors (Lipinski definition) is 4. The zero-order valence-corrected chi connectivity index (χ0v) is 18.5. The number of anilines is 1. The van der Waals surface area contributed by atoms with Crippen molar-refractivity contribution in [3.05, 3.63) is 82.4 Å². The van der Waals surface area contributed by atoms with Gasteiger partial charge in [-0.05, 0) is 48.7 Å². The van der Waals surface area contributed by atoms with Crippen LogP contribution in [0.1, 0.15) is 18.1 Å². The molecule has 0 bridgehead atoms. The van der Waals surface area contributed by atoms with Gasteiger partial charge in [0.15, 0.2) is 0 Å². The molecule has 4 rings (SSSR count). The molecule has 7 nitrogen and oxygen atoms in total. The third-order valence-electron chi connectivity index (χ3n) is 5.28. The van der Waals surface area contributed by atoms with E-state index in [9.17, 15) is 13.2 Å². The van der Waals surface area contributed by atoms with Crippen LogP contribution in [0.2, 0.25) is 0 Å². The summed E-state index contributed by atoms with van der Waals surface area (Å²) in [5.41, 5.74) is 4.55. The number of aryl methyl sites for hydroxylation is 2. The maximum atomic E-state index is 12.3. The van der Waals surface area contributed by atoms with E-state index in [2.05, 4.69) is 9.82 Å². The van der Waals surface area contributed by atoms with E-state index in [0.29, 0.717) is 17.8 Å². The predicted octanol–water partition coefficient (Wildman–Crippen LogP) is 3.52. The number of nitrogens with zero attached hydrogens (tertiary/aromatic N) is 3. The molecule has 0 atom stereocenters. The molecule has 0 aliphatic carbocycles. The van der Waals surface area contributed by atoms with Crippen LogP contribution in [-0.2, 0) is 23.6 Å². The molecule has 0 saturated carbocycles. The van der Waals surface area contributed by atoms with Crippen molar-refractivity contribution in [3.63, 3.8) is 0 Å². The Morgan fingerprint density at radius 2 is 1.81 bits per heavy atom. The zero-order chi connectivity index (χ0) is 22.2. The molecule has 0 spiro atoms. The molecule has 2 aromatic carbocycles. The van der Waals surface area contributed by atoms with Crippen LogP contribution in [-0.4, -0.2) is 28.5 Å². The number of fused-ring (bicyclic) bond motifs is 1. The first kappa shape index (κ1) is 20.9. The van der Waals surface area contributed by atoms with E-state index in [4.69, 9.17) is 0 Å². The van der Waals surface area contributed by atoms with Gasteiger partial charge in [-0.3, -0.25) is 14.2 Å². The molecule has 160 valence electrons. The van der Waals surface area contributed by atoms with Gasteiger partial charge in [0.05, 0.1) is 29.7 Å². The topological polar surface area (TPSA) is 86.0 Å². The Morgan fingerprint density at radius 1 is 1.06 bits per heavy atom. The Kier molecular flexibility index (Phi) is 5.41. The monoisotopic (exact) mass is 436 g/mol. The van der Waals surface area contributed by atoms with Crippen molar-refractivity contribution in [1.29, 1.82) is 0 Å². The van der Waals surface area contributed by atoms with Crippen LogP contribution < -0.4 is 10.3 Å². The molecular weight excluding hydrogens is 412 g/mol. The van der Waals surface area contributed by atoms with E-state index in [0.717, 1.165) is 27.6 Å². The molecule has 0 unspecified atom stereocenters. The van der Waals surface area contributed by atoms with Crippen LogP contribution in [0.3, 0.4) is 0 Å². The highest BCUT2D eigenvalue weighted by Gasteiger charge is 2.16. The molecule has 0 saturated heterocycles. The molecule has 2 heterocycles. The molecule has 0 aliphatic rings. The Morgan fingerprint density at radius 3 is 2.48 bits per heavy atom. The van der Waals surface area contributed by atoms with Crippen molar-refractivity contribution in [3.8, 4) is 11.1 Å². The van der Waals surface area contributed by atoms with Crippen LogP contribution in [0.15, 0.2) is 65.7 Å². The van der Waals surface area contributed by atoms with Crippen LogP contribution in [0, 0.1) is 6.92 Å². The largest absolute Gasteiger partial charge is 0.318 e. The van der Waals surface area contributed by atoms with Crippen molar-refractivity contribution in [2.75, 3.05) is 10.5 Å². The van der Waals surface area contributed by atoms with Gasteiger partial charge in [0.1, 0.15) is 0 Å². The average molecular weight is 437 g/mol. The fraction of sp³-hybridized carbons (Fsp3) is 0.217. The molecule has 0 radical (unpaired) electrons. The number of pyridine rings is 1. The summed E-state index contributed by atoms with van der Waals surface area (Å²) in [6, 6.07) is 15.5. The summed E-state index contributed by atoms with van der Waals surface area (Å²) < 4.78 is 30.7. The van der Waals surface area contributed by atoms with Gasteiger partial charge in [-0.1, -0.05) is 30.3 Å². The van der Waals surface area contributed by atoms with E-state index in [1.807, 2.05) is 47.1 Å². The van der Waals surface area contributed by atoms with E-state index in [1.54, 1.807) is 39.4 Å². The quantitative estimate of drug-likeness (QED) is 0.501. The minimum Gasteiger partial charge on any atom is -0.318 e. The smallest absolute Gasteiger partial charge is 0.253 e. The summed E-state index contributed by atoms with van der Waals surface area (Å²) in [6.45, 7) is 3.92. The summed E-state index contributed by atoms with van der Waals surface area (Å²) in [5.74, 6) is -0.0319. The second-order valence-corrected chi connectivity index (χ2v) is 9.59. The molecular formula is C23H24N4O3S. The highest BCUT2D eigenvalue weighted by atomic mass is 32.2. The summed E-state index contributed by atoms with van der Waals surface area (Å²) in [7, 11) is -1.77. The van der Waals surface area contributed by atoms with Crippen molar-refractivity contribution in [2.45, 2.75) is 20.4 Å². The van der Waals surface area contributed by atoms with Gasteiger partial charge in [0.2, 0.25) is 10.0 Å². The van der Waals surface area contributed by atoms with Gasteiger partial charge < -0.3 is 4.57 Å². The van der Waals surface area contributed by atoms with Gasteiger partial charge in [0.25, 0.3) is 5.56 Å². The molecule has 0 fully saturated rings. The lowest BCUT2D eigenvalue weighted by Crippen LogP contribution is -2.18. The first-order valence-electron chi connectivity index (χ1n) is 9.99. The molecule has 2 aromatic heterocycles. The summed E-state index contributed by atoms with van der Waals surface area (Å²) in [5, 5.41) is 5.24. The molecule has 8 heteroatoms. The summed E-state index contributed by atoms with van der Waals surface area (Å²) in [4.78, 5) is 12.1. The Balaban J connectivity index is 1.92. The van der Waals surface area contributed by atoms with Crippen molar-refractivity contribution >= 4 is 26.6 Å². The van der Waals surface area contributed by atoms with E-state index >= 15 is 0 Å². The Labute approximate surface area is 181 Å². The van der Waals surface area contributed by atoms with Crippen molar-refractivity contribution < 1.29 is 8.42 Å². The molecule has 0 aliphatic heterocycles. The second-order valence-electron chi connectivity index (χ2n) is 7.58. The van der Waals surface area contributed by atoms with Gasteiger partial charge >= 0.3 is 0 Å². The lowest BCUT2D eigenvalue weighted by atomic mass is 10.0. The molecule has 31 heavy (non-hydrogen) atoms. The van der Waals surface area contributed by atoms with Gasteiger partial charge in [-0.2, -0.15) is 5.10 Å². The number of nitrogens with one attached hydrogen (secondary N) is 1. The van der Waals surface area contributed by atoms with Crippen LogP contribution in [0.4, 0.5) is 5.69 Å². The summed E-state index contributed by atoms with van der Waals surface area (Å²) >= 11 is 0. The fourth-order valence-corrected chi connectivity index (χ4v) is 4.23. The number of rotatable bonds is 6. The highest BCUT2D eigenvalue weighted by Crippen LogP contribution is 2.32. The van der Waals surface area contributed by atoms with E-state index in [-0.39, 0.29) is 11.3 Å². The third kappa shape index (κ3) is 4.25. The van der Waals surface area contributed by atoms with E-state index in [1.165, 1.54) is 4.57 Å². The second kappa shape index (κ2) is 8.03. The Bertz CT molecular complexity index is 1390. The maximum Gasteiger partial charge on any atom is 0.253 e. The third-order valence-corrected chi connectivity index (χ3v) is 6.57. The van der Waals surface area contributed by atoms with Gasteiger partial charge in [-0.15, -0.1) is 0 Å². The SMILES string of the molecule is CCS(=O)(=O)Nc1cc(-c2cc(C)c(=O)n(C)c2)cc2c1cnn2Cc1ccccc1. The predicted molar refractivity (Wildman–Crippen MR) is 124 cm³/mol. The fourth-order valence-electron chi connectivity index (χ4n) is 3.59. The first-order chi connectivity index (χ1) is 14.8. The van der Waals surface area contributed by atoms with Crippen LogP contribution in [0.25, 0.3) is 22.0 Å². The number of benzene rings is 2. The van der Waals surface area contributed by atoms with Crippen LogP contribution >= 0.6 is 0 Å². The molecule has 1 N–H and O–H groups in total. The first-order valence-corrected chi connectivity index (χ1v) is 11.6. The normalized spacial score (nSPS) is 11.7. The number of hydrogen-bond donors (Lipinski definition) is 1. The van der Waals surface area contributed by atoms with Gasteiger partial charge in [-0.25, -0.2) is 8.42 Å². The Hall–Kier alpha value is -3.39. The standard InChI is InChI=1S/C23H24N4O3S/c1-4-31(29,30)25-21-11-18(19-10-16(2)23(28)26(3)15-19)12-22-20(21)13-24-27(22)14-17-8-6-5-7-9-17/h5-13,15,25H,4,14H2,1-3H3. The molecule has 4 aromatic rings. The minimum atomic E-state index is -3.48. The van der Waals surface area contributed by atoms with E-state index < -0.39 is 10.0 Å². The number of sulfonamides is 1. The van der Waals surface area contributed by atoms with Crippen molar-refractivity contribution in [2.24, 2.45) is 7.05 Å². The lowest BCUT2D eigenvalue weighted by molar-refractivity contribution is 0.602. The minimum absolute atomic E-state index is 0.0319. The maximum absolute atomic E-state index is 12.3. The molecule has 0 amide bonds. The summed E-state index contributed by atoms with van der Waals surface area (Å²) in [6.07, 6.45) is 3.44. The lowest BCUT2D eigenvalue weighted by Gasteiger charge is -2.13. The van der Waals surface area contributed by atoms with Crippen molar-refractivity contribution in [1.82, 2.24) is 14.3 Å².